The van der Waals surface area contributed by atoms with Crippen LogP contribution in [0.5, 0.6) is 5.75 Å². The number of hydrogen-bond donors (Lipinski definition) is 0. The van der Waals surface area contributed by atoms with Gasteiger partial charge in [0.15, 0.2) is 5.65 Å². The van der Waals surface area contributed by atoms with E-state index in [0.717, 1.165) is 59.4 Å². The summed E-state index contributed by atoms with van der Waals surface area (Å²) in [6.45, 7) is 3.81. The summed E-state index contributed by atoms with van der Waals surface area (Å²) in [5.41, 5.74) is 5.70. The lowest BCUT2D eigenvalue weighted by Crippen LogP contribution is -2.12. The van der Waals surface area contributed by atoms with E-state index in [2.05, 4.69) is 16.2 Å². The Morgan fingerprint density at radius 1 is 1.29 bits per heavy atom. The molecule has 0 radical (unpaired) electrons. The van der Waals surface area contributed by atoms with E-state index in [0.29, 0.717) is 23.4 Å². The fourth-order valence-electron chi connectivity index (χ4n) is 4.47. The molecule has 0 N–H and O–H groups in total. The molecule has 7 nitrogen and oxygen atoms in total. The molecular formula is C24H22N4O3. The highest BCUT2D eigenvalue weighted by Gasteiger charge is 2.19. The summed E-state index contributed by atoms with van der Waals surface area (Å²) in [4.78, 5) is 17.1. The van der Waals surface area contributed by atoms with Gasteiger partial charge in [-0.3, -0.25) is 4.79 Å². The molecule has 0 amide bonds. The molecule has 0 unspecified atom stereocenters. The summed E-state index contributed by atoms with van der Waals surface area (Å²) in [6, 6.07) is 7.69. The third-order valence-corrected chi connectivity index (χ3v) is 6.07. The van der Waals surface area contributed by atoms with E-state index in [9.17, 15) is 10.1 Å². The average molecular weight is 414 g/mol. The van der Waals surface area contributed by atoms with Crippen LogP contribution < -0.4 is 4.74 Å². The van der Waals surface area contributed by atoms with Crippen molar-refractivity contribution in [3.8, 4) is 11.8 Å². The molecule has 0 saturated heterocycles. The molecule has 0 bridgehead atoms. The third kappa shape index (κ3) is 3.34. The molecule has 1 aliphatic rings. The van der Waals surface area contributed by atoms with Crippen LogP contribution in [0.25, 0.3) is 16.6 Å². The van der Waals surface area contributed by atoms with Crippen molar-refractivity contribution in [1.29, 1.82) is 5.26 Å². The van der Waals surface area contributed by atoms with Crippen LogP contribution in [0.4, 0.5) is 0 Å². The maximum atomic E-state index is 12.6. The highest BCUT2D eigenvalue weighted by atomic mass is 16.5. The third-order valence-electron chi connectivity index (χ3n) is 6.07. The number of carbonyl (C=O) groups excluding carboxylic acids is 1. The molecule has 31 heavy (non-hydrogen) atoms. The normalized spacial score (nSPS) is 13.3. The number of nitriles is 1. The van der Waals surface area contributed by atoms with Crippen molar-refractivity contribution in [3.63, 3.8) is 0 Å². The summed E-state index contributed by atoms with van der Waals surface area (Å²) >= 11 is 0. The predicted molar refractivity (Wildman–Crippen MR) is 114 cm³/mol. The molecule has 0 aliphatic heterocycles. The van der Waals surface area contributed by atoms with Crippen molar-refractivity contribution < 1.29 is 13.9 Å². The van der Waals surface area contributed by atoms with Crippen LogP contribution in [0.1, 0.15) is 53.1 Å². The van der Waals surface area contributed by atoms with Gasteiger partial charge in [0.2, 0.25) is 0 Å². The second-order valence-electron chi connectivity index (χ2n) is 8.01. The number of furan rings is 1. The van der Waals surface area contributed by atoms with Gasteiger partial charge in [-0.25, -0.2) is 9.50 Å². The molecule has 7 heteroatoms. The van der Waals surface area contributed by atoms with Gasteiger partial charge in [-0.05, 0) is 63.3 Å². The molecule has 5 rings (SSSR count). The minimum atomic E-state index is -0.297. The number of nitrogens with zero attached hydrogens (tertiary/aromatic N) is 4. The summed E-state index contributed by atoms with van der Waals surface area (Å²) in [5, 5.41) is 14.5. The van der Waals surface area contributed by atoms with Crippen LogP contribution >= 0.6 is 0 Å². The van der Waals surface area contributed by atoms with E-state index in [1.165, 1.54) is 11.8 Å². The minimum Gasteiger partial charge on any atom is -0.461 e. The largest absolute Gasteiger partial charge is 0.461 e. The van der Waals surface area contributed by atoms with E-state index in [1.807, 2.05) is 26.0 Å². The number of hydrogen-bond acceptors (Lipinski definition) is 6. The average Bonchev–Trinajstić information content (AvgIpc) is 3.34. The van der Waals surface area contributed by atoms with Gasteiger partial charge in [0.25, 0.3) is 0 Å². The van der Waals surface area contributed by atoms with Gasteiger partial charge in [0, 0.05) is 28.8 Å². The quantitative estimate of drug-likeness (QED) is 0.363. The van der Waals surface area contributed by atoms with Crippen LogP contribution in [0.2, 0.25) is 0 Å². The first-order valence-corrected chi connectivity index (χ1v) is 10.5. The van der Waals surface area contributed by atoms with Gasteiger partial charge in [-0.1, -0.05) is 0 Å². The summed E-state index contributed by atoms with van der Waals surface area (Å²) < 4.78 is 13.2. The van der Waals surface area contributed by atoms with Gasteiger partial charge in [0.1, 0.15) is 28.7 Å². The number of rotatable bonds is 4. The van der Waals surface area contributed by atoms with E-state index in [4.69, 9.17) is 9.15 Å². The number of ether oxygens (including phenoxy) is 1. The van der Waals surface area contributed by atoms with E-state index < -0.39 is 0 Å². The van der Waals surface area contributed by atoms with Crippen LogP contribution in [0, 0.1) is 25.2 Å². The SMILES string of the molecule is Cc1nc2c(C#N)cnn2c(C)c1CCC(=O)Oc1ccc2oc3c(c2c1)CCCC3. The highest BCUT2D eigenvalue weighted by molar-refractivity contribution is 5.85. The Balaban J connectivity index is 1.33. The molecule has 1 aliphatic carbocycles. The molecule has 0 saturated carbocycles. The van der Waals surface area contributed by atoms with Crippen molar-refractivity contribution >= 4 is 22.6 Å². The van der Waals surface area contributed by atoms with Crippen molar-refractivity contribution in [1.82, 2.24) is 14.6 Å². The van der Waals surface area contributed by atoms with Gasteiger partial charge in [-0.15, -0.1) is 0 Å². The Morgan fingerprint density at radius 2 is 2.13 bits per heavy atom. The molecule has 0 atom stereocenters. The molecule has 1 aromatic carbocycles. The second kappa shape index (κ2) is 7.55. The van der Waals surface area contributed by atoms with E-state index in [1.54, 1.807) is 10.6 Å². The number of aromatic nitrogens is 3. The molecule has 0 fully saturated rings. The lowest BCUT2D eigenvalue weighted by molar-refractivity contribution is -0.134. The Bertz CT molecular complexity index is 1370. The zero-order chi connectivity index (χ0) is 21.5. The maximum Gasteiger partial charge on any atom is 0.311 e. The predicted octanol–water partition coefficient (Wildman–Crippen LogP) is 4.38. The number of benzene rings is 1. The van der Waals surface area contributed by atoms with Gasteiger partial charge in [0.05, 0.1) is 12.6 Å². The van der Waals surface area contributed by atoms with Gasteiger partial charge < -0.3 is 9.15 Å². The molecule has 0 spiro atoms. The van der Waals surface area contributed by atoms with Crippen LogP contribution in [0.15, 0.2) is 28.8 Å². The fourth-order valence-corrected chi connectivity index (χ4v) is 4.47. The van der Waals surface area contributed by atoms with Crippen LogP contribution in [-0.4, -0.2) is 20.6 Å². The smallest absolute Gasteiger partial charge is 0.311 e. The first-order valence-electron chi connectivity index (χ1n) is 10.5. The number of aryl methyl sites for hydroxylation is 4. The van der Waals surface area contributed by atoms with Gasteiger partial charge in [-0.2, -0.15) is 10.4 Å². The van der Waals surface area contributed by atoms with Crippen LogP contribution in [0.3, 0.4) is 0 Å². The Labute approximate surface area is 179 Å². The Hall–Kier alpha value is -3.66. The van der Waals surface area contributed by atoms with E-state index >= 15 is 0 Å². The topological polar surface area (TPSA) is 93.4 Å². The first-order chi connectivity index (χ1) is 15.0. The zero-order valence-electron chi connectivity index (χ0n) is 17.6. The molecule has 3 heterocycles. The Kier molecular flexibility index (Phi) is 4.70. The standard InChI is InChI=1S/C24H22N4O3/c1-14-18(15(2)28-24(27-14)16(12-25)13-26-28)8-10-23(29)30-17-7-9-22-20(11-17)19-5-3-4-6-21(19)31-22/h7,9,11,13H,3-6,8,10H2,1-2H3. The highest BCUT2D eigenvalue weighted by Crippen LogP contribution is 2.34. The summed E-state index contributed by atoms with van der Waals surface area (Å²) in [7, 11) is 0. The second-order valence-corrected chi connectivity index (χ2v) is 8.01. The fraction of sp³-hybridized carbons (Fsp3) is 0.333. The van der Waals surface area contributed by atoms with Crippen molar-refractivity contribution in [2.45, 2.75) is 52.4 Å². The monoisotopic (exact) mass is 414 g/mol. The number of carbonyl (C=O) groups is 1. The molecule has 4 aromatic rings. The minimum absolute atomic E-state index is 0.225. The first kappa shape index (κ1) is 19.3. The van der Waals surface area contributed by atoms with Crippen molar-refractivity contribution in [2.75, 3.05) is 0 Å². The number of esters is 1. The van der Waals surface area contributed by atoms with Gasteiger partial charge >= 0.3 is 5.97 Å². The summed E-state index contributed by atoms with van der Waals surface area (Å²) in [6.07, 6.45) is 6.53. The van der Waals surface area contributed by atoms with Crippen molar-refractivity contribution in [3.05, 3.63) is 58.2 Å². The lowest BCUT2D eigenvalue weighted by atomic mass is 9.96. The van der Waals surface area contributed by atoms with Crippen molar-refractivity contribution in [2.24, 2.45) is 0 Å². The van der Waals surface area contributed by atoms with Crippen LogP contribution in [-0.2, 0) is 24.1 Å². The summed E-state index contributed by atoms with van der Waals surface area (Å²) in [5.74, 6) is 1.31. The maximum absolute atomic E-state index is 12.6. The number of fused-ring (bicyclic) bond motifs is 4. The molecule has 3 aromatic heterocycles. The molecule has 156 valence electrons. The molecular weight excluding hydrogens is 392 g/mol. The lowest BCUT2D eigenvalue weighted by Gasteiger charge is -2.11. The zero-order valence-corrected chi connectivity index (χ0v) is 17.6. The Morgan fingerprint density at radius 3 is 2.97 bits per heavy atom. The van der Waals surface area contributed by atoms with E-state index in [-0.39, 0.29) is 12.4 Å².